The van der Waals surface area contributed by atoms with Crippen LogP contribution in [0.5, 0.6) is 0 Å². The number of nitrogens with one attached hydrogen (secondary N) is 1. The van der Waals surface area contributed by atoms with Gasteiger partial charge < -0.3 is 10.1 Å². The van der Waals surface area contributed by atoms with Crippen LogP contribution in [0.25, 0.3) is 10.9 Å². The van der Waals surface area contributed by atoms with Crippen molar-refractivity contribution in [3.8, 4) is 0 Å². The molecule has 2 aromatic carbocycles. The van der Waals surface area contributed by atoms with Gasteiger partial charge in [0.15, 0.2) is 5.16 Å². The van der Waals surface area contributed by atoms with Crippen molar-refractivity contribution in [2.45, 2.75) is 18.1 Å². The molecule has 0 saturated carbocycles. The minimum absolute atomic E-state index is 0.0288. The van der Waals surface area contributed by atoms with E-state index >= 15 is 0 Å². The lowest BCUT2D eigenvalue weighted by molar-refractivity contribution is -0.113. The van der Waals surface area contributed by atoms with Crippen LogP contribution in [0.1, 0.15) is 13.0 Å². The molecule has 3 rings (SSSR count). The zero-order valence-electron chi connectivity index (χ0n) is 15.5. The number of hydrogen-bond donors (Lipinski definition) is 1. The SMILES string of the molecule is COC[C@H](C)n1c(SCC(=O)Nc2cccc(F)c2)nc2ccccc2c1=O. The Morgan fingerprint density at radius 3 is 2.82 bits per heavy atom. The van der Waals surface area contributed by atoms with E-state index in [1.165, 1.54) is 18.2 Å². The number of halogens is 1. The third kappa shape index (κ3) is 4.58. The van der Waals surface area contributed by atoms with Crippen LogP contribution in [0.2, 0.25) is 0 Å². The molecular formula is C20H20FN3O3S. The maximum atomic E-state index is 13.3. The van der Waals surface area contributed by atoms with Crippen molar-refractivity contribution in [2.24, 2.45) is 0 Å². The van der Waals surface area contributed by atoms with Gasteiger partial charge in [0.25, 0.3) is 5.56 Å². The first-order valence-electron chi connectivity index (χ1n) is 8.68. The highest BCUT2D eigenvalue weighted by Crippen LogP contribution is 2.21. The Labute approximate surface area is 165 Å². The van der Waals surface area contributed by atoms with Gasteiger partial charge in [0.2, 0.25) is 5.91 Å². The van der Waals surface area contributed by atoms with Gasteiger partial charge in [0, 0.05) is 12.8 Å². The van der Waals surface area contributed by atoms with Gasteiger partial charge in [0.1, 0.15) is 5.82 Å². The molecule has 3 aromatic rings. The van der Waals surface area contributed by atoms with Gasteiger partial charge >= 0.3 is 0 Å². The molecule has 0 bridgehead atoms. The van der Waals surface area contributed by atoms with E-state index in [0.717, 1.165) is 11.8 Å². The van der Waals surface area contributed by atoms with E-state index in [-0.39, 0.29) is 23.3 Å². The zero-order valence-corrected chi connectivity index (χ0v) is 16.3. The molecule has 0 radical (unpaired) electrons. The van der Waals surface area contributed by atoms with Gasteiger partial charge in [0.05, 0.1) is 29.3 Å². The highest BCUT2D eigenvalue weighted by molar-refractivity contribution is 7.99. The third-order valence-corrected chi connectivity index (χ3v) is 5.02. The zero-order chi connectivity index (χ0) is 20.1. The second kappa shape index (κ2) is 8.99. The molecule has 0 spiro atoms. The number of aromatic nitrogens is 2. The summed E-state index contributed by atoms with van der Waals surface area (Å²) in [5.74, 6) is -0.714. The number of ether oxygens (including phenoxy) is 1. The van der Waals surface area contributed by atoms with E-state index in [9.17, 15) is 14.0 Å². The predicted molar refractivity (Wildman–Crippen MR) is 108 cm³/mol. The molecule has 0 fully saturated rings. The van der Waals surface area contributed by atoms with Crippen LogP contribution in [0.4, 0.5) is 10.1 Å². The van der Waals surface area contributed by atoms with E-state index in [4.69, 9.17) is 4.74 Å². The molecule has 0 aliphatic carbocycles. The number of para-hydroxylation sites is 1. The quantitative estimate of drug-likeness (QED) is 0.485. The predicted octanol–water partition coefficient (Wildman–Crippen LogP) is 3.47. The molecule has 1 atom stereocenters. The fraction of sp³-hybridized carbons (Fsp3) is 0.250. The molecule has 1 amide bonds. The van der Waals surface area contributed by atoms with Gasteiger partial charge in [-0.25, -0.2) is 9.37 Å². The van der Waals surface area contributed by atoms with Crippen molar-refractivity contribution in [2.75, 3.05) is 24.8 Å². The number of anilines is 1. The Morgan fingerprint density at radius 2 is 2.07 bits per heavy atom. The fourth-order valence-electron chi connectivity index (χ4n) is 2.83. The van der Waals surface area contributed by atoms with Gasteiger partial charge in [-0.2, -0.15) is 0 Å². The summed E-state index contributed by atoms with van der Waals surface area (Å²) in [4.78, 5) is 29.8. The molecular weight excluding hydrogens is 381 g/mol. The summed E-state index contributed by atoms with van der Waals surface area (Å²) in [6, 6.07) is 12.5. The topological polar surface area (TPSA) is 73.2 Å². The fourth-order valence-corrected chi connectivity index (χ4v) is 3.72. The molecule has 0 aliphatic heterocycles. The lowest BCUT2D eigenvalue weighted by atomic mass is 10.2. The lowest BCUT2D eigenvalue weighted by Crippen LogP contribution is -2.29. The molecule has 146 valence electrons. The monoisotopic (exact) mass is 401 g/mol. The Bertz CT molecular complexity index is 1050. The molecule has 6 nitrogen and oxygen atoms in total. The Hall–Kier alpha value is -2.71. The van der Waals surface area contributed by atoms with E-state index < -0.39 is 5.82 Å². The smallest absolute Gasteiger partial charge is 0.262 e. The first kappa shape index (κ1) is 20.0. The minimum atomic E-state index is -0.427. The molecule has 1 N–H and O–H groups in total. The molecule has 1 aromatic heterocycles. The van der Waals surface area contributed by atoms with E-state index in [0.29, 0.717) is 28.4 Å². The summed E-state index contributed by atoms with van der Waals surface area (Å²) in [7, 11) is 1.56. The summed E-state index contributed by atoms with van der Waals surface area (Å²) >= 11 is 1.15. The third-order valence-electron chi connectivity index (χ3n) is 4.06. The Kier molecular flexibility index (Phi) is 6.43. The van der Waals surface area contributed by atoms with Gasteiger partial charge in [-0.05, 0) is 37.3 Å². The highest BCUT2D eigenvalue weighted by Gasteiger charge is 2.17. The summed E-state index contributed by atoms with van der Waals surface area (Å²) in [6.45, 7) is 2.20. The molecule has 28 heavy (non-hydrogen) atoms. The number of amides is 1. The second-order valence-corrected chi connectivity index (χ2v) is 7.18. The molecule has 0 unspecified atom stereocenters. The number of thioether (sulfide) groups is 1. The van der Waals surface area contributed by atoms with Crippen molar-refractivity contribution in [1.29, 1.82) is 0 Å². The summed E-state index contributed by atoms with van der Waals surface area (Å²) in [6.07, 6.45) is 0. The Balaban J connectivity index is 1.85. The maximum Gasteiger partial charge on any atom is 0.262 e. The van der Waals surface area contributed by atoms with Crippen LogP contribution in [-0.4, -0.2) is 34.9 Å². The molecule has 0 aliphatic rings. The summed E-state index contributed by atoms with van der Waals surface area (Å²) in [5.41, 5.74) is 0.770. The Morgan fingerprint density at radius 1 is 1.29 bits per heavy atom. The number of rotatable bonds is 7. The number of hydrogen-bond acceptors (Lipinski definition) is 5. The normalized spacial score (nSPS) is 12.1. The number of fused-ring (bicyclic) bond motifs is 1. The van der Waals surface area contributed by atoms with Crippen LogP contribution in [0, 0.1) is 5.82 Å². The van der Waals surface area contributed by atoms with Crippen LogP contribution in [-0.2, 0) is 9.53 Å². The number of benzene rings is 2. The van der Waals surface area contributed by atoms with E-state index in [1.54, 1.807) is 35.9 Å². The average Bonchev–Trinajstić information content (AvgIpc) is 2.66. The lowest BCUT2D eigenvalue weighted by Gasteiger charge is -2.18. The van der Waals surface area contributed by atoms with Crippen molar-refractivity contribution in [3.63, 3.8) is 0 Å². The minimum Gasteiger partial charge on any atom is -0.383 e. The largest absolute Gasteiger partial charge is 0.383 e. The molecule has 1 heterocycles. The van der Waals surface area contributed by atoms with Gasteiger partial charge in [-0.1, -0.05) is 30.0 Å². The summed E-state index contributed by atoms with van der Waals surface area (Å²) < 4.78 is 20.0. The van der Waals surface area contributed by atoms with Crippen LogP contribution >= 0.6 is 11.8 Å². The first-order chi connectivity index (χ1) is 13.5. The number of nitrogens with zero attached hydrogens (tertiary/aromatic N) is 2. The first-order valence-corrected chi connectivity index (χ1v) is 9.66. The number of carbonyl (C=O) groups is 1. The van der Waals surface area contributed by atoms with E-state index in [1.807, 2.05) is 13.0 Å². The van der Waals surface area contributed by atoms with Crippen molar-refractivity contribution >= 4 is 34.3 Å². The van der Waals surface area contributed by atoms with E-state index in [2.05, 4.69) is 10.3 Å². The second-order valence-electron chi connectivity index (χ2n) is 6.24. The summed E-state index contributed by atoms with van der Waals surface area (Å²) in [5, 5.41) is 3.58. The highest BCUT2D eigenvalue weighted by atomic mass is 32.2. The van der Waals surface area contributed by atoms with Crippen molar-refractivity contribution < 1.29 is 13.9 Å². The van der Waals surface area contributed by atoms with Gasteiger partial charge in [-0.15, -0.1) is 0 Å². The standard InChI is InChI=1S/C20H20FN3O3S/c1-13(11-27-2)24-19(26)16-8-3-4-9-17(16)23-20(24)28-12-18(25)22-15-7-5-6-14(21)10-15/h3-10,13H,11-12H2,1-2H3,(H,22,25)/t13-/m0/s1. The average molecular weight is 401 g/mol. The van der Waals surface area contributed by atoms with Crippen molar-refractivity contribution in [1.82, 2.24) is 9.55 Å². The van der Waals surface area contributed by atoms with Crippen LogP contribution in [0.3, 0.4) is 0 Å². The number of methoxy groups -OCH3 is 1. The van der Waals surface area contributed by atoms with Crippen LogP contribution in [0.15, 0.2) is 58.5 Å². The van der Waals surface area contributed by atoms with Crippen LogP contribution < -0.4 is 10.9 Å². The number of carbonyl (C=O) groups excluding carboxylic acids is 1. The van der Waals surface area contributed by atoms with Crippen molar-refractivity contribution in [3.05, 3.63) is 64.7 Å². The molecule has 8 heteroatoms. The molecule has 0 saturated heterocycles. The maximum absolute atomic E-state index is 13.3. The van der Waals surface area contributed by atoms with Gasteiger partial charge in [-0.3, -0.25) is 14.2 Å².